The number of rotatable bonds is 0. The number of fused-ring (bicyclic) bond motifs is 3. The highest BCUT2D eigenvalue weighted by molar-refractivity contribution is 5.60. The second-order valence-corrected chi connectivity index (χ2v) is 4.30. The number of benzene rings is 1. The average molecular weight is 222 g/mol. The molecule has 1 atom stereocenters. The SMILES string of the molecule is Fc1ccc2c(c1)N1CCNCC1CCO2. The first-order valence-corrected chi connectivity index (χ1v) is 5.74. The van der Waals surface area contributed by atoms with Crippen LogP contribution in [-0.2, 0) is 0 Å². The van der Waals surface area contributed by atoms with Gasteiger partial charge in [-0.05, 0) is 12.1 Å². The minimum atomic E-state index is -0.193. The van der Waals surface area contributed by atoms with E-state index in [1.165, 1.54) is 6.07 Å². The molecule has 1 unspecified atom stereocenters. The molecule has 0 aliphatic carbocycles. The summed E-state index contributed by atoms with van der Waals surface area (Å²) in [5.74, 6) is 0.618. The number of hydrogen-bond acceptors (Lipinski definition) is 3. The number of nitrogens with zero attached hydrogens (tertiary/aromatic N) is 1. The maximum Gasteiger partial charge on any atom is 0.142 e. The number of halogens is 1. The second-order valence-electron chi connectivity index (χ2n) is 4.30. The Morgan fingerprint density at radius 1 is 1.44 bits per heavy atom. The van der Waals surface area contributed by atoms with Crippen LogP contribution >= 0.6 is 0 Å². The minimum absolute atomic E-state index is 0.193. The smallest absolute Gasteiger partial charge is 0.142 e. The molecule has 0 spiro atoms. The van der Waals surface area contributed by atoms with E-state index >= 15 is 0 Å². The lowest BCUT2D eigenvalue weighted by atomic mass is 10.1. The molecule has 1 N–H and O–H groups in total. The molecule has 1 aromatic rings. The van der Waals surface area contributed by atoms with Crippen LogP contribution in [0.15, 0.2) is 18.2 Å². The van der Waals surface area contributed by atoms with Crippen LogP contribution in [0.25, 0.3) is 0 Å². The van der Waals surface area contributed by atoms with E-state index in [1.54, 1.807) is 12.1 Å². The van der Waals surface area contributed by atoms with Crippen LogP contribution in [0, 0.1) is 5.82 Å². The summed E-state index contributed by atoms with van der Waals surface area (Å²) in [6.07, 6.45) is 0.989. The molecule has 0 radical (unpaired) electrons. The molecule has 2 heterocycles. The van der Waals surface area contributed by atoms with E-state index < -0.39 is 0 Å². The van der Waals surface area contributed by atoms with E-state index in [9.17, 15) is 4.39 Å². The van der Waals surface area contributed by atoms with E-state index in [4.69, 9.17) is 4.74 Å². The third-order valence-corrected chi connectivity index (χ3v) is 3.29. The van der Waals surface area contributed by atoms with Gasteiger partial charge in [0, 0.05) is 38.2 Å². The van der Waals surface area contributed by atoms with Gasteiger partial charge >= 0.3 is 0 Å². The first-order chi connectivity index (χ1) is 7.84. The predicted octanol–water partition coefficient (Wildman–Crippen LogP) is 1.39. The van der Waals surface area contributed by atoms with E-state index in [2.05, 4.69) is 10.2 Å². The number of ether oxygens (including phenoxy) is 1. The van der Waals surface area contributed by atoms with Gasteiger partial charge < -0.3 is 15.0 Å². The summed E-state index contributed by atoms with van der Waals surface area (Å²) in [5.41, 5.74) is 0.906. The van der Waals surface area contributed by atoms with Gasteiger partial charge in [-0.25, -0.2) is 4.39 Å². The zero-order valence-corrected chi connectivity index (χ0v) is 9.08. The summed E-state index contributed by atoms with van der Waals surface area (Å²) in [7, 11) is 0. The first kappa shape index (κ1) is 9.90. The number of hydrogen-bond donors (Lipinski definition) is 1. The molecule has 0 aromatic heterocycles. The van der Waals surface area contributed by atoms with Gasteiger partial charge in [-0.15, -0.1) is 0 Å². The monoisotopic (exact) mass is 222 g/mol. The molecule has 1 saturated heterocycles. The molecule has 1 aromatic carbocycles. The Hall–Kier alpha value is -1.29. The molecular weight excluding hydrogens is 207 g/mol. The summed E-state index contributed by atoms with van der Waals surface area (Å²) >= 11 is 0. The fourth-order valence-corrected chi connectivity index (χ4v) is 2.48. The van der Waals surface area contributed by atoms with Gasteiger partial charge in [-0.2, -0.15) is 0 Å². The van der Waals surface area contributed by atoms with Crippen LogP contribution in [0.1, 0.15) is 6.42 Å². The third kappa shape index (κ3) is 1.63. The van der Waals surface area contributed by atoms with Gasteiger partial charge in [0.25, 0.3) is 0 Å². The first-order valence-electron chi connectivity index (χ1n) is 5.74. The quantitative estimate of drug-likeness (QED) is 0.718. The molecule has 86 valence electrons. The number of piperazine rings is 1. The van der Waals surface area contributed by atoms with Crippen molar-refractivity contribution in [2.75, 3.05) is 31.1 Å². The fourth-order valence-electron chi connectivity index (χ4n) is 2.48. The summed E-state index contributed by atoms with van der Waals surface area (Å²) < 4.78 is 18.9. The van der Waals surface area contributed by atoms with Gasteiger partial charge in [0.1, 0.15) is 11.6 Å². The van der Waals surface area contributed by atoms with E-state index in [0.717, 1.165) is 37.5 Å². The predicted molar refractivity (Wildman–Crippen MR) is 60.5 cm³/mol. The fraction of sp³-hybridized carbons (Fsp3) is 0.500. The van der Waals surface area contributed by atoms with E-state index in [-0.39, 0.29) is 5.82 Å². The molecular formula is C12H15FN2O. The summed E-state index contributed by atoms with van der Waals surface area (Å²) in [6, 6.07) is 5.20. The van der Waals surface area contributed by atoms with Gasteiger partial charge in [0.15, 0.2) is 0 Å². The highest BCUT2D eigenvalue weighted by Gasteiger charge is 2.27. The Morgan fingerprint density at radius 2 is 2.38 bits per heavy atom. The molecule has 1 fully saturated rings. The Bertz CT molecular complexity index is 397. The van der Waals surface area contributed by atoms with Crippen molar-refractivity contribution in [2.45, 2.75) is 12.5 Å². The van der Waals surface area contributed by atoms with Crippen LogP contribution < -0.4 is 15.0 Å². The lowest BCUT2D eigenvalue weighted by Gasteiger charge is -2.36. The Labute approximate surface area is 94.2 Å². The lowest BCUT2D eigenvalue weighted by molar-refractivity contribution is 0.303. The Morgan fingerprint density at radius 3 is 3.31 bits per heavy atom. The van der Waals surface area contributed by atoms with Crippen molar-refractivity contribution in [3.8, 4) is 5.75 Å². The Kier molecular flexibility index (Phi) is 2.44. The molecule has 2 aliphatic heterocycles. The van der Waals surface area contributed by atoms with Crippen LogP contribution in [-0.4, -0.2) is 32.3 Å². The standard InChI is InChI=1S/C12H15FN2O/c13-9-1-2-12-11(7-9)15-5-4-14-8-10(15)3-6-16-12/h1-2,7,10,14H,3-6,8H2. The lowest BCUT2D eigenvalue weighted by Crippen LogP contribution is -2.51. The van der Waals surface area contributed by atoms with Gasteiger partial charge in [-0.3, -0.25) is 0 Å². The molecule has 0 bridgehead atoms. The zero-order chi connectivity index (χ0) is 11.0. The maximum atomic E-state index is 13.3. The molecule has 3 nitrogen and oxygen atoms in total. The number of nitrogens with one attached hydrogen (secondary N) is 1. The molecule has 2 aliphatic rings. The van der Waals surface area contributed by atoms with Gasteiger partial charge in [0.2, 0.25) is 0 Å². The maximum absolute atomic E-state index is 13.3. The van der Waals surface area contributed by atoms with Gasteiger partial charge in [-0.1, -0.05) is 0 Å². The molecule has 0 amide bonds. The van der Waals surface area contributed by atoms with E-state index in [1.807, 2.05) is 0 Å². The summed E-state index contributed by atoms with van der Waals surface area (Å²) in [5, 5.41) is 3.37. The number of anilines is 1. The normalized spacial score (nSPS) is 24.1. The van der Waals surface area contributed by atoms with Gasteiger partial charge in [0.05, 0.1) is 12.3 Å². The summed E-state index contributed by atoms with van der Waals surface area (Å²) in [4.78, 5) is 2.27. The third-order valence-electron chi connectivity index (χ3n) is 3.29. The van der Waals surface area contributed by atoms with E-state index in [0.29, 0.717) is 12.6 Å². The van der Waals surface area contributed by atoms with Crippen LogP contribution in [0.3, 0.4) is 0 Å². The Balaban J connectivity index is 2.02. The van der Waals surface area contributed by atoms with Crippen molar-refractivity contribution < 1.29 is 9.13 Å². The molecule has 0 saturated carbocycles. The van der Waals surface area contributed by atoms with Crippen molar-refractivity contribution >= 4 is 5.69 Å². The van der Waals surface area contributed by atoms with Crippen molar-refractivity contribution in [1.82, 2.24) is 5.32 Å². The van der Waals surface area contributed by atoms with Crippen LogP contribution in [0.2, 0.25) is 0 Å². The van der Waals surface area contributed by atoms with Crippen LogP contribution in [0.4, 0.5) is 10.1 Å². The average Bonchev–Trinajstić information content (AvgIpc) is 2.48. The summed E-state index contributed by atoms with van der Waals surface area (Å²) in [6.45, 7) is 3.54. The zero-order valence-electron chi connectivity index (χ0n) is 9.08. The highest BCUT2D eigenvalue weighted by atomic mass is 19.1. The second kappa shape index (κ2) is 3.94. The topological polar surface area (TPSA) is 24.5 Å². The van der Waals surface area contributed by atoms with Crippen LogP contribution in [0.5, 0.6) is 5.75 Å². The minimum Gasteiger partial charge on any atom is -0.491 e. The van der Waals surface area contributed by atoms with Crippen molar-refractivity contribution in [3.05, 3.63) is 24.0 Å². The van der Waals surface area contributed by atoms with Crippen molar-refractivity contribution in [3.63, 3.8) is 0 Å². The molecule has 16 heavy (non-hydrogen) atoms. The molecule has 4 heteroatoms. The van der Waals surface area contributed by atoms with Crippen molar-refractivity contribution in [1.29, 1.82) is 0 Å². The highest BCUT2D eigenvalue weighted by Crippen LogP contribution is 2.34. The van der Waals surface area contributed by atoms with Crippen molar-refractivity contribution in [2.24, 2.45) is 0 Å². The molecule has 3 rings (SSSR count). The largest absolute Gasteiger partial charge is 0.491 e.